The first kappa shape index (κ1) is 30.1. The number of anilines is 1. The fraction of sp³-hybridized carbons (Fsp3) is 0.400. The Balaban J connectivity index is 1.27. The number of aliphatic carboxylic acids is 1. The van der Waals surface area contributed by atoms with Crippen LogP contribution in [0, 0.1) is 23.5 Å². The number of nitrogens with zero attached hydrogens (tertiary/aromatic N) is 5. The van der Waals surface area contributed by atoms with Crippen molar-refractivity contribution in [3.05, 3.63) is 80.2 Å². The number of hydrogen-bond acceptors (Lipinski definition) is 10. The van der Waals surface area contributed by atoms with Gasteiger partial charge in [0.1, 0.15) is 6.04 Å². The summed E-state index contributed by atoms with van der Waals surface area (Å²) >= 11 is 7.62. The van der Waals surface area contributed by atoms with Crippen molar-refractivity contribution in [1.82, 2.24) is 20.3 Å². The standard InChI is InChI=1S/C30H29ClF2N6O4S/c1-30(11-16(12-30)27(40)41)17-13-35-29(36-14-17)39-8-5-15(6-9-39)23-20(28(42)43-2)24(18-3-4-19(32)22(33)21(18)31)38-25(37-23)26-34-7-10-44-26/h3-4,7,10,13-16,24H,5-6,8-9,11-12H2,1-2H3,(H,37,38)(H,40,41)/t16-,24?,30-. The smallest absolute Gasteiger partial charge is 0.338 e. The Morgan fingerprint density at radius 1 is 1.16 bits per heavy atom. The molecule has 6 rings (SSSR count). The number of amidine groups is 1. The van der Waals surface area contributed by atoms with Gasteiger partial charge in [0.05, 0.1) is 23.6 Å². The summed E-state index contributed by atoms with van der Waals surface area (Å²) < 4.78 is 33.7. The summed E-state index contributed by atoms with van der Waals surface area (Å²) in [6, 6.07) is 1.24. The number of aromatic nitrogens is 3. The summed E-state index contributed by atoms with van der Waals surface area (Å²) in [4.78, 5) is 44.8. The van der Waals surface area contributed by atoms with Crippen LogP contribution in [0.3, 0.4) is 0 Å². The van der Waals surface area contributed by atoms with E-state index in [0.29, 0.717) is 61.3 Å². The minimum atomic E-state index is -1.22. The van der Waals surface area contributed by atoms with E-state index >= 15 is 0 Å². The molecule has 0 bridgehead atoms. The predicted octanol–water partition coefficient (Wildman–Crippen LogP) is 5.05. The number of carboxylic acid groups (broad SMARTS) is 1. The largest absolute Gasteiger partial charge is 0.481 e. The van der Waals surface area contributed by atoms with E-state index in [-0.39, 0.29) is 28.4 Å². The van der Waals surface area contributed by atoms with Crippen LogP contribution in [0.4, 0.5) is 14.7 Å². The van der Waals surface area contributed by atoms with Gasteiger partial charge in [0.2, 0.25) is 5.95 Å². The van der Waals surface area contributed by atoms with Crippen LogP contribution < -0.4 is 10.2 Å². The normalized spacial score (nSPS) is 23.9. The Bertz CT molecular complexity index is 1650. The highest BCUT2D eigenvalue weighted by Gasteiger charge is 2.45. The lowest BCUT2D eigenvalue weighted by molar-refractivity contribution is -0.147. The molecule has 2 fully saturated rings. The molecular formula is C30H29ClF2N6O4S. The van der Waals surface area contributed by atoms with Crippen molar-refractivity contribution in [2.45, 2.75) is 44.1 Å². The van der Waals surface area contributed by atoms with Crippen LogP contribution in [0.15, 0.2) is 52.4 Å². The number of carboxylic acids is 1. The maximum Gasteiger partial charge on any atom is 0.338 e. The first-order valence-electron chi connectivity index (χ1n) is 14.1. The zero-order valence-electron chi connectivity index (χ0n) is 23.9. The van der Waals surface area contributed by atoms with Gasteiger partial charge in [-0.3, -0.25) is 9.79 Å². The maximum atomic E-state index is 14.6. The second-order valence-electron chi connectivity index (χ2n) is 11.5. The molecule has 1 saturated heterocycles. The molecule has 0 amide bonds. The molecule has 4 heterocycles. The van der Waals surface area contributed by atoms with E-state index in [2.05, 4.69) is 25.2 Å². The van der Waals surface area contributed by atoms with Crippen molar-refractivity contribution in [1.29, 1.82) is 0 Å². The molecule has 1 aliphatic carbocycles. The molecule has 1 saturated carbocycles. The highest BCUT2D eigenvalue weighted by atomic mass is 35.5. The number of rotatable bonds is 7. The van der Waals surface area contributed by atoms with Crippen molar-refractivity contribution in [2.24, 2.45) is 16.8 Å². The monoisotopic (exact) mass is 642 g/mol. The molecule has 44 heavy (non-hydrogen) atoms. The number of thiazole rings is 1. The van der Waals surface area contributed by atoms with E-state index in [4.69, 9.17) is 21.3 Å². The van der Waals surface area contributed by atoms with E-state index < -0.39 is 34.6 Å². The Hall–Kier alpha value is -3.97. The van der Waals surface area contributed by atoms with Crippen LogP contribution in [0.2, 0.25) is 5.02 Å². The molecule has 1 aromatic carbocycles. The number of halogens is 3. The summed E-state index contributed by atoms with van der Waals surface area (Å²) in [5.74, 6) is -3.26. The second kappa shape index (κ2) is 11.8. The van der Waals surface area contributed by atoms with E-state index in [0.717, 1.165) is 11.6 Å². The van der Waals surface area contributed by atoms with E-state index in [1.54, 1.807) is 24.0 Å². The minimum absolute atomic E-state index is 0.139. The lowest BCUT2D eigenvalue weighted by Gasteiger charge is -2.43. The van der Waals surface area contributed by atoms with Gasteiger partial charge < -0.3 is 20.1 Å². The number of piperidine rings is 1. The van der Waals surface area contributed by atoms with E-state index in [1.165, 1.54) is 24.5 Å². The fourth-order valence-electron chi connectivity index (χ4n) is 6.25. The van der Waals surface area contributed by atoms with Gasteiger partial charge in [0.25, 0.3) is 0 Å². The number of methoxy groups -OCH3 is 1. The highest BCUT2D eigenvalue weighted by Crippen LogP contribution is 2.47. The Kier molecular flexibility index (Phi) is 8.10. The molecule has 2 aliphatic heterocycles. The Morgan fingerprint density at radius 3 is 2.48 bits per heavy atom. The van der Waals surface area contributed by atoms with Crippen molar-refractivity contribution in [3.8, 4) is 0 Å². The van der Waals surface area contributed by atoms with Gasteiger partial charge in [-0.05, 0) is 42.7 Å². The molecule has 3 aromatic rings. The molecule has 3 aliphatic rings. The van der Waals surface area contributed by atoms with Gasteiger partial charge in [-0.1, -0.05) is 24.6 Å². The highest BCUT2D eigenvalue weighted by molar-refractivity contribution is 7.11. The molecular weight excluding hydrogens is 614 g/mol. The third kappa shape index (κ3) is 5.43. The number of esters is 1. The lowest BCUT2D eigenvalue weighted by Crippen LogP contribution is -2.43. The maximum absolute atomic E-state index is 14.6. The lowest BCUT2D eigenvalue weighted by atomic mass is 9.60. The van der Waals surface area contributed by atoms with Gasteiger partial charge in [0.15, 0.2) is 22.5 Å². The quantitative estimate of drug-likeness (QED) is 0.269. The molecule has 1 atom stereocenters. The minimum Gasteiger partial charge on any atom is -0.481 e. The van der Waals surface area contributed by atoms with Gasteiger partial charge in [-0.2, -0.15) is 0 Å². The zero-order chi connectivity index (χ0) is 31.2. The number of ether oxygens (including phenoxy) is 1. The molecule has 10 nitrogen and oxygen atoms in total. The SMILES string of the molecule is COC(=O)C1=C(C2CCN(c3ncc([C@]4(C)C[C@@H](C(=O)O)C4)cn3)CC2)NC(c2nccs2)=NC1c1ccc(F)c(F)c1Cl. The first-order valence-corrected chi connectivity index (χ1v) is 15.4. The molecule has 2 aromatic heterocycles. The summed E-state index contributed by atoms with van der Waals surface area (Å²) in [6.45, 7) is 3.20. The number of nitrogens with one attached hydrogen (secondary N) is 1. The van der Waals surface area contributed by atoms with Crippen molar-refractivity contribution in [3.63, 3.8) is 0 Å². The van der Waals surface area contributed by atoms with Crippen molar-refractivity contribution >= 4 is 46.7 Å². The average Bonchev–Trinajstić information content (AvgIpc) is 3.57. The summed E-state index contributed by atoms with van der Waals surface area (Å²) in [5, 5.41) is 14.5. The molecule has 230 valence electrons. The fourth-order valence-corrected chi connectivity index (χ4v) is 7.09. The molecule has 14 heteroatoms. The van der Waals surface area contributed by atoms with Gasteiger partial charge in [-0.15, -0.1) is 11.3 Å². The van der Waals surface area contributed by atoms with E-state index in [1.807, 2.05) is 6.92 Å². The Morgan fingerprint density at radius 2 is 1.86 bits per heavy atom. The first-order chi connectivity index (χ1) is 21.1. The van der Waals surface area contributed by atoms with Crippen LogP contribution in [0.25, 0.3) is 0 Å². The van der Waals surface area contributed by atoms with Crippen molar-refractivity contribution in [2.75, 3.05) is 25.1 Å². The van der Waals surface area contributed by atoms with Crippen LogP contribution >= 0.6 is 22.9 Å². The average molecular weight is 643 g/mol. The van der Waals surface area contributed by atoms with Crippen LogP contribution in [-0.4, -0.2) is 58.0 Å². The second-order valence-corrected chi connectivity index (χ2v) is 12.7. The van der Waals surface area contributed by atoms with Crippen LogP contribution in [0.1, 0.15) is 54.8 Å². The van der Waals surface area contributed by atoms with Gasteiger partial charge in [-0.25, -0.2) is 28.5 Å². The number of allylic oxidation sites excluding steroid dienone is 1. The predicted molar refractivity (Wildman–Crippen MR) is 160 cm³/mol. The Labute approximate surface area is 260 Å². The topological polar surface area (TPSA) is 130 Å². The third-order valence-electron chi connectivity index (χ3n) is 8.74. The summed E-state index contributed by atoms with van der Waals surface area (Å²) in [7, 11) is 1.26. The van der Waals surface area contributed by atoms with Crippen molar-refractivity contribution < 1.29 is 28.2 Å². The number of aliphatic imine (C=N–C) groups is 1. The third-order valence-corrected chi connectivity index (χ3v) is 9.90. The summed E-state index contributed by atoms with van der Waals surface area (Å²) in [5.41, 5.74) is 1.56. The number of hydrogen-bond donors (Lipinski definition) is 2. The van der Waals surface area contributed by atoms with Crippen LogP contribution in [-0.2, 0) is 19.7 Å². The van der Waals surface area contributed by atoms with Crippen LogP contribution in [0.5, 0.6) is 0 Å². The van der Waals surface area contributed by atoms with Gasteiger partial charge >= 0.3 is 11.9 Å². The molecule has 0 spiro atoms. The molecule has 2 N–H and O–H groups in total. The summed E-state index contributed by atoms with van der Waals surface area (Å²) in [6.07, 6.45) is 7.54. The zero-order valence-corrected chi connectivity index (χ0v) is 25.5. The number of carbonyl (C=O) groups is 2. The van der Waals surface area contributed by atoms with E-state index in [9.17, 15) is 23.5 Å². The number of carbonyl (C=O) groups excluding carboxylic acids is 1. The molecule has 1 unspecified atom stereocenters. The molecule has 0 radical (unpaired) electrons. The number of benzene rings is 1. The van der Waals surface area contributed by atoms with Gasteiger partial charge in [0, 0.05) is 54.2 Å².